The zero-order valence-corrected chi connectivity index (χ0v) is 14.3. The van der Waals surface area contributed by atoms with Crippen LogP contribution < -0.4 is 10.1 Å². The molecule has 6 nitrogen and oxygen atoms in total. The Bertz CT molecular complexity index is 964. The molecule has 1 saturated heterocycles. The summed E-state index contributed by atoms with van der Waals surface area (Å²) >= 11 is 5.77. The number of nitrogens with zero attached hydrogens (tertiary/aromatic N) is 2. The van der Waals surface area contributed by atoms with E-state index in [0.29, 0.717) is 36.1 Å². The number of phenolic OH excluding ortho intramolecular Hbond substituents is 1. The highest BCUT2D eigenvalue weighted by Gasteiger charge is 2.19. The van der Waals surface area contributed by atoms with Gasteiger partial charge in [0.15, 0.2) is 11.5 Å². The smallest absolute Gasteiger partial charge is 0.227 e. The maximum atomic E-state index is 13.2. The second-order valence-electron chi connectivity index (χ2n) is 5.93. The Balaban J connectivity index is 1.59. The zero-order valence-electron chi connectivity index (χ0n) is 13.6. The van der Waals surface area contributed by atoms with Gasteiger partial charge in [-0.25, -0.2) is 14.4 Å². The first kappa shape index (κ1) is 16.8. The van der Waals surface area contributed by atoms with Gasteiger partial charge < -0.3 is 19.9 Å². The van der Waals surface area contributed by atoms with Gasteiger partial charge in [-0.2, -0.15) is 0 Å². The van der Waals surface area contributed by atoms with Crippen molar-refractivity contribution in [3.8, 4) is 11.5 Å². The van der Waals surface area contributed by atoms with Crippen molar-refractivity contribution in [2.45, 2.75) is 12.5 Å². The molecule has 26 heavy (non-hydrogen) atoms. The molecule has 1 aliphatic rings. The molecule has 0 amide bonds. The van der Waals surface area contributed by atoms with Crippen molar-refractivity contribution in [3.63, 3.8) is 0 Å². The highest BCUT2D eigenvalue weighted by molar-refractivity contribution is 6.31. The topological polar surface area (TPSA) is 76.5 Å². The van der Waals surface area contributed by atoms with Gasteiger partial charge >= 0.3 is 0 Å². The van der Waals surface area contributed by atoms with Crippen LogP contribution in [0.5, 0.6) is 11.5 Å². The fraction of sp³-hybridized carbons (Fsp3) is 0.222. The van der Waals surface area contributed by atoms with E-state index in [1.165, 1.54) is 24.3 Å². The van der Waals surface area contributed by atoms with E-state index in [0.717, 1.165) is 11.8 Å². The molecule has 8 heteroatoms. The number of phenols is 1. The van der Waals surface area contributed by atoms with E-state index in [9.17, 15) is 9.50 Å². The average molecular weight is 376 g/mol. The van der Waals surface area contributed by atoms with Gasteiger partial charge in [0.1, 0.15) is 11.9 Å². The number of fused-ring (bicyclic) bond motifs is 1. The molecule has 2 heterocycles. The number of hydrogen-bond donors (Lipinski definition) is 2. The number of ether oxygens (including phenoxy) is 2. The molecule has 1 unspecified atom stereocenters. The van der Waals surface area contributed by atoms with E-state index >= 15 is 0 Å². The molecule has 1 aromatic heterocycles. The standard InChI is InChI=1S/C18H15ClFN3O3/c19-13-6-11(1-2-14(13)20)22-18-21-8-10-5-17(16(24)7-15(10)23-18)26-12-3-4-25-9-12/h1-2,5-8,12,24H,3-4,9H2,(H,21,22,23). The van der Waals surface area contributed by atoms with Crippen LogP contribution in [0.15, 0.2) is 36.5 Å². The van der Waals surface area contributed by atoms with Crippen LogP contribution in [0.2, 0.25) is 5.02 Å². The van der Waals surface area contributed by atoms with Gasteiger partial charge in [0.25, 0.3) is 0 Å². The third kappa shape index (κ3) is 3.49. The van der Waals surface area contributed by atoms with E-state index in [-0.39, 0.29) is 16.9 Å². The van der Waals surface area contributed by atoms with Gasteiger partial charge in [-0.3, -0.25) is 0 Å². The molecule has 1 aliphatic heterocycles. The summed E-state index contributed by atoms with van der Waals surface area (Å²) in [5.74, 6) is 0.181. The number of nitrogens with one attached hydrogen (secondary N) is 1. The first-order valence-electron chi connectivity index (χ1n) is 8.05. The Labute approximate surface area is 153 Å². The summed E-state index contributed by atoms with van der Waals surface area (Å²) in [6, 6.07) is 7.45. The van der Waals surface area contributed by atoms with Crippen LogP contribution >= 0.6 is 11.6 Å². The van der Waals surface area contributed by atoms with Gasteiger partial charge in [0.05, 0.1) is 23.8 Å². The third-order valence-corrected chi connectivity index (χ3v) is 4.31. The molecular weight excluding hydrogens is 361 g/mol. The Morgan fingerprint density at radius 2 is 2.19 bits per heavy atom. The summed E-state index contributed by atoms with van der Waals surface area (Å²) in [7, 11) is 0. The lowest BCUT2D eigenvalue weighted by Crippen LogP contribution is -2.15. The van der Waals surface area contributed by atoms with Gasteiger partial charge in [0, 0.05) is 29.8 Å². The molecule has 4 rings (SSSR count). The predicted octanol–water partition coefficient (Wildman–Crippen LogP) is 4.04. The lowest BCUT2D eigenvalue weighted by Gasteiger charge is -2.14. The third-order valence-electron chi connectivity index (χ3n) is 4.02. The number of hydrogen-bond acceptors (Lipinski definition) is 6. The average Bonchev–Trinajstić information content (AvgIpc) is 3.12. The molecule has 0 bridgehead atoms. The Kier molecular flexibility index (Phi) is 4.48. The normalized spacial score (nSPS) is 16.8. The van der Waals surface area contributed by atoms with E-state index in [1.54, 1.807) is 12.3 Å². The quantitative estimate of drug-likeness (QED) is 0.716. The molecule has 2 N–H and O–H groups in total. The first-order chi connectivity index (χ1) is 12.6. The van der Waals surface area contributed by atoms with Crippen LogP contribution in [0.1, 0.15) is 6.42 Å². The van der Waals surface area contributed by atoms with Gasteiger partial charge in [-0.15, -0.1) is 0 Å². The fourth-order valence-electron chi connectivity index (χ4n) is 2.69. The highest BCUT2D eigenvalue weighted by atomic mass is 35.5. The summed E-state index contributed by atoms with van der Waals surface area (Å²) in [5.41, 5.74) is 1.10. The SMILES string of the molecule is Oc1cc2nc(Nc3ccc(F)c(Cl)c3)ncc2cc1OC1CCOC1. The molecule has 0 radical (unpaired) electrons. The number of halogens is 2. The predicted molar refractivity (Wildman–Crippen MR) is 95.7 cm³/mol. The van der Waals surface area contributed by atoms with Gasteiger partial charge in [-0.1, -0.05) is 11.6 Å². The number of rotatable bonds is 4. The van der Waals surface area contributed by atoms with E-state index < -0.39 is 5.82 Å². The monoisotopic (exact) mass is 375 g/mol. The van der Waals surface area contributed by atoms with Crippen molar-refractivity contribution in [1.82, 2.24) is 9.97 Å². The van der Waals surface area contributed by atoms with Crippen LogP contribution in [-0.4, -0.2) is 34.4 Å². The Morgan fingerprint density at radius 1 is 1.31 bits per heavy atom. The van der Waals surface area contributed by atoms with E-state index in [2.05, 4.69) is 15.3 Å². The number of anilines is 2. The Morgan fingerprint density at radius 3 is 2.96 bits per heavy atom. The molecule has 3 aromatic rings. The van der Waals surface area contributed by atoms with Crippen LogP contribution in [0.4, 0.5) is 16.0 Å². The second-order valence-corrected chi connectivity index (χ2v) is 6.34. The summed E-state index contributed by atoms with van der Waals surface area (Å²) < 4.78 is 24.3. The lowest BCUT2D eigenvalue weighted by molar-refractivity contribution is 0.139. The molecule has 0 spiro atoms. The number of benzene rings is 2. The molecule has 0 saturated carbocycles. The second kappa shape index (κ2) is 6.93. The summed E-state index contributed by atoms with van der Waals surface area (Å²) in [6.45, 7) is 1.17. The van der Waals surface area contributed by atoms with Crippen LogP contribution in [-0.2, 0) is 4.74 Å². The van der Waals surface area contributed by atoms with Crippen LogP contribution in [0.3, 0.4) is 0 Å². The maximum absolute atomic E-state index is 13.2. The first-order valence-corrected chi connectivity index (χ1v) is 8.42. The fourth-order valence-corrected chi connectivity index (χ4v) is 2.87. The molecule has 1 atom stereocenters. The molecular formula is C18H15ClFN3O3. The maximum Gasteiger partial charge on any atom is 0.227 e. The minimum atomic E-state index is -0.498. The van der Waals surface area contributed by atoms with E-state index in [1.807, 2.05) is 0 Å². The Hall–Kier alpha value is -2.64. The van der Waals surface area contributed by atoms with Gasteiger partial charge in [0.2, 0.25) is 5.95 Å². The van der Waals surface area contributed by atoms with Crippen molar-refractivity contribution in [2.75, 3.05) is 18.5 Å². The van der Waals surface area contributed by atoms with Crippen LogP contribution in [0.25, 0.3) is 10.9 Å². The molecule has 0 aliphatic carbocycles. The lowest BCUT2D eigenvalue weighted by atomic mass is 10.2. The summed E-state index contributed by atoms with van der Waals surface area (Å²) in [5, 5.41) is 13.9. The van der Waals surface area contributed by atoms with Gasteiger partial charge in [-0.05, 0) is 24.3 Å². The number of aromatic nitrogens is 2. The summed E-state index contributed by atoms with van der Waals surface area (Å²) in [6.07, 6.45) is 2.34. The molecule has 134 valence electrons. The van der Waals surface area contributed by atoms with Crippen LogP contribution in [0, 0.1) is 5.82 Å². The van der Waals surface area contributed by atoms with Crippen molar-refractivity contribution in [2.24, 2.45) is 0 Å². The van der Waals surface area contributed by atoms with Crippen molar-refractivity contribution >= 4 is 34.1 Å². The van der Waals surface area contributed by atoms with Crippen molar-refractivity contribution < 1.29 is 19.0 Å². The minimum Gasteiger partial charge on any atom is -0.504 e. The minimum absolute atomic E-state index is 0.00104. The van der Waals surface area contributed by atoms with Crippen molar-refractivity contribution in [3.05, 3.63) is 47.4 Å². The zero-order chi connectivity index (χ0) is 18.1. The van der Waals surface area contributed by atoms with E-state index in [4.69, 9.17) is 21.1 Å². The summed E-state index contributed by atoms with van der Waals surface area (Å²) in [4.78, 5) is 8.59. The van der Waals surface area contributed by atoms with Crippen molar-refractivity contribution in [1.29, 1.82) is 0 Å². The number of aromatic hydroxyl groups is 1. The largest absolute Gasteiger partial charge is 0.504 e. The highest BCUT2D eigenvalue weighted by Crippen LogP contribution is 2.32. The molecule has 1 fully saturated rings. The molecule has 2 aromatic carbocycles.